The number of nitrogens with zero attached hydrogens (tertiary/aromatic N) is 6. The van der Waals surface area contributed by atoms with Crippen LogP contribution in [0.5, 0.6) is 0 Å². The molecule has 3 aliphatic rings. The van der Waals surface area contributed by atoms with Gasteiger partial charge in [0.25, 0.3) is 5.91 Å². The Kier molecular flexibility index (Phi) is 5.45. The molecule has 0 radical (unpaired) electrons. The number of piperidine rings is 1. The number of hydrogen-bond donors (Lipinski definition) is 1. The molecule has 0 saturated carbocycles. The van der Waals surface area contributed by atoms with Crippen LogP contribution >= 0.6 is 11.3 Å². The highest BCUT2D eigenvalue weighted by Crippen LogP contribution is 2.33. The first-order chi connectivity index (χ1) is 14.7. The zero-order valence-electron chi connectivity index (χ0n) is 17.5. The first-order valence-corrected chi connectivity index (χ1v) is 11.9. The van der Waals surface area contributed by atoms with Crippen molar-refractivity contribution in [2.45, 2.75) is 38.6 Å². The van der Waals surface area contributed by atoms with Crippen LogP contribution in [-0.2, 0) is 0 Å². The van der Waals surface area contributed by atoms with Crippen LogP contribution in [0.1, 0.15) is 43.0 Å². The quantitative estimate of drug-likeness (QED) is 0.786. The van der Waals surface area contributed by atoms with Gasteiger partial charge in [-0.15, -0.1) is 11.3 Å². The van der Waals surface area contributed by atoms with E-state index in [-0.39, 0.29) is 5.91 Å². The highest BCUT2D eigenvalue weighted by molar-refractivity contribution is 7.13. The van der Waals surface area contributed by atoms with Gasteiger partial charge in [-0.1, -0.05) is 0 Å². The summed E-state index contributed by atoms with van der Waals surface area (Å²) in [5, 5.41) is 6.33. The van der Waals surface area contributed by atoms with Gasteiger partial charge < -0.3 is 20.0 Å². The Morgan fingerprint density at radius 3 is 2.83 bits per heavy atom. The molecule has 2 aromatic heterocycles. The van der Waals surface area contributed by atoms with Crippen LogP contribution in [0.4, 0.5) is 16.9 Å². The molecule has 3 aliphatic heterocycles. The van der Waals surface area contributed by atoms with E-state index in [1.807, 2.05) is 18.5 Å². The molecule has 5 heterocycles. The summed E-state index contributed by atoms with van der Waals surface area (Å²) in [6, 6.07) is 0.356. The van der Waals surface area contributed by atoms with Crippen LogP contribution in [0.25, 0.3) is 0 Å². The Morgan fingerprint density at radius 2 is 2.07 bits per heavy atom. The summed E-state index contributed by atoms with van der Waals surface area (Å²) in [7, 11) is 0. The van der Waals surface area contributed by atoms with Gasteiger partial charge in [0.1, 0.15) is 11.4 Å². The lowest BCUT2D eigenvalue weighted by molar-refractivity contribution is 0.0716. The number of fused-ring (bicyclic) bond motifs is 3. The Hall–Kier alpha value is -2.42. The van der Waals surface area contributed by atoms with E-state index in [0.29, 0.717) is 23.5 Å². The smallest absolute Gasteiger partial charge is 0.259 e. The van der Waals surface area contributed by atoms with Crippen LogP contribution in [-0.4, -0.2) is 71.1 Å². The van der Waals surface area contributed by atoms with Crippen LogP contribution < -0.4 is 15.1 Å². The van der Waals surface area contributed by atoms with Crippen molar-refractivity contribution in [3.8, 4) is 0 Å². The van der Waals surface area contributed by atoms with E-state index in [1.54, 1.807) is 17.5 Å². The van der Waals surface area contributed by atoms with Gasteiger partial charge in [-0.3, -0.25) is 4.79 Å². The first kappa shape index (κ1) is 19.5. The number of carbonyl (C=O) groups excluding carboxylic acids is 1. The Bertz CT molecular complexity index is 881. The summed E-state index contributed by atoms with van der Waals surface area (Å²) in [4.78, 5) is 33.8. The lowest BCUT2D eigenvalue weighted by atomic mass is 9.96. The number of anilines is 3. The number of amides is 1. The van der Waals surface area contributed by atoms with Crippen molar-refractivity contribution in [3.05, 3.63) is 23.3 Å². The number of hydrogen-bond acceptors (Lipinski definition) is 8. The third-order valence-corrected chi connectivity index (χ3v) is 7.32. The average molecular weight is 428 g/mol. The lowest BCUT2D eigenvalue weighted by Gasteiger charge is -2.35. The third-order valence-electron chi connectivity index (χ3n) is 6.48. The van der Waals surface area contributed by atoms with Gasteiger partial charge in [0.05, 0.1) is 0 Å². The van der Waals surface area contributed by atoms with Crippen molar-refractivity contribution in [1.82, 2.24) is 19.9 Å². The minimum absolute atomic E-state index is 0.0878. The van der Waals surface area contributed by atoms with E-state index >= 15 is 0 Å². The van der Waals surface area contributed by atoms with E-state index in [9.17, 15) is 4.79 Å². The molecule has 1 N–H and O–H groups in total. The summed E-state index contributed by atoms with van der Waals surface area (Å²) in [5.74, 6) is 2.04. The molecule has 1 amide bonds. The minimum Gasteiger partial charge on any atom is -0.354 e. The Morgan fingerprint density at radius 1 is 1.20 bits per heavy atom. The maximum atomic E-state index is 13.4. The first-order valence-electron chi connectivity index (χ1n) is 11.0. The highest BCUT2D eigenvalue weighted by Gasteiger charge is 2.37. The second-order valence-corrected chi connectivity index (χ2v) is 9.28. The van der Waals surface area contributed by atoms with E-state index in [2.05, 4.69) is 30.0 Å². The van der Waals surface area contributed by atoms with Gasteiger partial charge in [0.2, 0.25) is 5.95 Å². The molecule has 0 unspecified atom stereocenters. The number of aromatic nitrogens is 3. The fraction of sp³-hybridized carbons (Fsp3) is 0.619. The number of nitrogens with one attached hydrogen (secondary N) is 1. The standard InChI is InChI=1S/C21H29N7OS/c1-2-22-20-24-12-17-18(25-20)28-8-3-4-16(28)14-27(19(17)29)13-15-5-9-26(10-6-15)21-23-7-11-30-21/h7,11-12,15-16H,2-6,8-10,13-14H2,1H3,(H,22,24,25)/t16-/m0/s1. The molecule has 30 heavy (non-hydrogen) atoms. The molecule has 9 heteroatoms. The van der Waals surface area contributed by atoms with Crippen LogP contribution in [0.3, 0.4) is 0 Å². The maximum absolute atomic E-state index is 13.4. The summed E-state index contributed by atoms with van der Waals surface area (Å²) >= 11 is 1.70. The summed E-state index contributed by atoms with van der Waals surface area (Å²) < 4.78 is 0. The van der Waals surface area contributed by atoms with E-state index in [0.717, 1.165) is 75.9 Å². The predicted molar refractivity (Wildman–Crippen MR) is 120 cm³/mol. The van der Waals surface area contributed by atoms with Gasteiger partial charge in [0.15, 0.2) is 5.13 Å². The van der Waals surface area contributed by atoms with Gasteiger partial charge in [-0.05, 0) is 38.5 Å². The molecule has 2 aromatic rings. The average Bonchev–Trinajstić information content (AvgIpc) is 3.44. The second kappa shape index (κ2) is 8.37. The number of rotatable bonds is 5. The Balaban J connectivity index is 1.32. The number of thiazole rings is 1. The van der Waals surface area contributed by atoms with E-state index < -0.39 is 0 Å². The molecule has 160 valence electrons. The van der Waals surface area contributed by atoms with Crippen molar-refractivity contribution in [3.63, 3.8) is 0 Å². The van der Waals surface area contributed by atoms with Crippen LogP contribution in [0.2, 0.25) is 0 Å². The zero-order chi connectivity index (χ0) is 20.5. The molecule has 1 atom stereocenters. The molecule has 8 nitrogen and oxygen atoms in total. The molecule has 0 spiro atoms. The van der Waals surface area contributed by atoms with E-state index in [4.69, 9.17) is 4.98 Å². The van der Waals surface area contributed by atoms with Gasteiger partial charge in [0, 0.05) is 63.1 Å². The topological polar surface area (TPSA) is 77.5 Å². The largest absolute Gasteiger partial charge is 0.354 e. The molecule has 2 saturated heterocycles. The zero-order valence-corrected chi connectivity index (χ0v) is 18.3. The molecule has 5 rings (SSSR count). The molecule has 0 aliphatic carbocycles. The van der Waals surface area contributed by atoms with Crippen molar-refractivity contribution in [2.24, 2.45) is 5.92 Å². The molecular formula is C21H29N7OS. The summed E-state index contributed by atoms with van der Waals surface area (Å²) in [6.07, 6.45) is 8.06. The molecule has 0 bridgehead atoms. The van der Waals surface area contributed by atoms with Crippen molar-refractivity contribution >= 4 is 34.1 Å². The van der Waals surface area contributed by atoms with Gasteiger partial charge >= 0.3 is 0 Å². The minimum atomic E-state index is 0.0878. The normalized spacial score (nSPS) is 22.1. The number of carbonyl (C=O) groups is 1. The van der Waals surface area contributed by atoms with E-state index in [1.165, 1.54) is 0 Å². The SMILES string of the molecule is CCNc1ncc2c(n1)N1CCC[C@H]1CN(CC1CCN(c3nccs3)CC1)C2=O. The van der Waals surface area contributed by atoms with Crippen molar-refractivity contribution in [2.75, 3.05) is 54.4 Å². The monoisotopic (exact) mass is 427 g/mol. The van der Waals surface area contributed by atoms with Crippen LogP contribution in [0.15, 0.2) is 17.8 Å². The van der Waals surface area contributed by atoms with Crippen molar-refractivity contribution < 1.29 is 4.79 Å². The highest BCUT2D eigenvalue weighted by atomic mass is 32.1. The fourth-order valence-electron chi connectivity index (χ4n) is 4.95. The van der Waals surface area contributed by atoms with Crippen LogP contribution in [0, 0.1) is 5.92 Å². The van der Waals surface area contributed by atoms with Gasteiger partial charge in [-0.25, -0.2) is 9.97 Å². The molecular weight excluding hydrogens is 398 g/mol. The van der Waals surface area contributed by atoms with Crippen molar-refractivity contribution in [1.29, 1.82) is 0 Å². The lowest BCUT2D eigenvalue weighted by Crippen LogP contribution is -2.44. The fourth-order valence-corrected chi connectivity index (χ4v) is 5.64. The second-order valence-electron chi connectivity index (χ2n) is 8.41. The van der Waals surface area contributed by atoms with Gasteiger partial charge in [-0.2, -0.15) is 4.98 Å². The Labute approximate surface area is 181 Å². The molecule has 2 fully saturated rings. The maximum Gasteiger partial charge on any atom is 0.259 e. The summed E-state index contributed by atoms with van der Waals surface area (Å²) in [6.45, 7) is 7.40. The molecule has 0 aromatic carbocycles. The summed E-state index contributed by atoms with van der Waals surface area (Å²) in [5.41, 5.74) is 0.654. The third kappa shape index (κ3) is 3.71. The predicted octanol–water partition coefficient (Wildman–Crippen LogP) is 2.71.